The molecule has 3 aliphatic rings. The number of allylic oxidation sites excluding steroid dienone is 3. The summed E-state index contributed by atoms with van der Waals surface area (Å²) in [5, 5.41) is -0.0726. The van der Waals surface area contributed by atoms with Crippen LogP contribution in [0.3, 0.4) is 0 Å². The van der Waals surface area contributed by atoms with Crippen molar-refractivity contribution in [1.29, 1.82) is 0 Å². The lowest BCUT2D eigenvalue weighted by Gasteiger charge is -2.39. The van der Waals surface area contributed by atoms with E-state index in [4.69, 9.17) is 46.4 Å². The molecule has 2 aliphatic carbocycles. The summed E-state index contributed by atoms with van der Waals surface area (Å²) < 4.78 is 23.7. The quantitative estimate of drug-likeness (QED) is 0.435. The third kappa shape index (κ3) is 1.45. The van der Waals surface area contributed by atoms with Crippen molar-refractivity contribution in [1.82, 2.24) is 0 Å². The maximum atomic E-state index is 13.0. The van der Waals surface area contributed by atoms with Crippen LogP contribution in [0.2, 0.25) is 0 Å². The first-order chi connectivity index (χ1) is 10.6. The average Bonchev–Trinajstić information content (AvgIpc) is 2.99. The van der Waals surface area contributed by atoms with E-state index in [0.29, 0.717) is 0 Å². The van der Waals surface area contributed by atoms with Crippen molar-refractivity contribution in [2.24, 2.45) is 0 Å². The molecule has 1 heterocycles. The van der Waals surface area contributed by atoms with E-state index in [0.717, 1.165) is 22.3 Å². The van der Waals surface area contributed by atoms with Crippen LogP contribution in [0.4, 0.5) is 0 Å². The van der Waals surface area contributed by atoms with Gasteiger partial charge in [0.05, 0.1) is 5.03 Å². The minimum atomic E-state index is -4.04. The molecule has 1 aromatic rings. The Labute approximate surface area is 155 Å². The van der Waals surface area contributed by atoms with Crippen LogP contribution in [0.15, 0.2) is 44.8 Å². The number of benzene rings is 1. The molecule has 2 nitrogen and oxygen atoms in total. The monoisotopic (exact) mass is 408 g/mol. The fraction of sp³-hybridized carbons (Fsp3) is 0.375. The van der Waals surface area contributed by atoms with E-state index >= 15 is 0 Å². The fourth-order valence-corrected chi connectivity index (χ4v) is 9.02. The summed E-state index contributed by atoms with van der Waals surface area (Å²) in [5.41, 5.74) is 3.79. The molecule has 1 fully saturated rings. The van der Waals surface area contributed by atoms with Crippen LogP contribution in [0.25, 0.3) is 0 Å². The van der Waals surface area contributed by atoms with E-state index in [9.17, 15) is 8.42 Å². The van der Waals surface area contributed by atoms with Gasteiger partial charge in [-0.05, 0) is 25.0 Å². The predicted molar refractivity (Wildman–Crippen MR) is 95.1 cm³/mol. The zero-order chi connectivity index (χ0) is 16.9. The topological polar surface area (TPSA) is 34.1 Å². The Morgan fingerprint density at radius 2 is 1.57 bits per heavy atom. The molecule has 0 spiro atoms. The highest BCUT2D eigenvalue weighted by atomic mass is 35.5. The van der Waals surface area contributed by atoms with Gasteiger partial charge in [-0.2, -0.15) is 0 Å². The Kier molecular flexibility index (Phi) is 3.19. The third-order valence-electron chi connectivity index (χ3n) is 5.20. The molecule has 23 heavy (non-hydrogen) atoms. The van der Waals surface area contributed by atoms with Crippen LogP contribution in [0.1, 0.15) is 36.8 Å². The van der Waals surface area contributed by atoms with Gasteiger partial charge in [-0.1, -0.05) is 70.2 Å². The molecule has 0 radical (unpaired) electrons. The van der Waals surface area contributed by atoms with Gasteiger partial charge < -0.3 is 0 Å². The first-order valence-electron chi connectivity index (χ1n) is 7.06. The molecule has 4 rings (SSSR count). The maximum absolute atomic E-state index is 13.0. The second kappa shape index (κ2) is 4.50. The average molecular weight is 410 g/mol. The maximum Gasteiger partial charge on any atom is 0.213 e. The molecule has 4 atom stereocenters. The van der Waals surface area contributed by atoms with Gasteiger partial charge in [0.2, 0.25) is 9.84 Å². The molecule has 0 unspecified atom stereocenters. The number of rotatable bonds is 0. The minimum Gasteiger partial charge on any atom is -0.221 e. The summed E-state index contributed by atoms with van der Waals surface area (Å²) >= 11 is 26.1. The van der Waals surface area contributed by atoms with Gasteiger partial charge in [-0.25, -0.2) is 8.42 Å². The van der Waals surface area contributed by atoms with Gasteiger partial charge in [-0.15, -0.1) is 11.6 Å². The van der Waals surface area contributed by atoms with Crippen molar-refractivity contribution < 1.29 is 8.42 Å². The smallest absolute Gasteiger partial charge is 0.213 e. The molecule has 1 saturated carbocycles. The highest BCUT2D eigenvalue weighted by Crippen LogP contribution is 2.78. The SMILES string of the molecule is CC(C)=C1[C@@H]2c3ccccc3[C@H]1[C@]1(Cl)[C@]2(Cl)C(Cl)=C(Cl)S1(=O)=O. The number of sulfone groups is 1. The Bertz CT molecular complexity index is 929. The van der Waals surface area contributed by atoms with Crippen LogP contribution in [0, 0.1) is 0 Å². The first kappa shape index (κ1) is 16.3. The Morgan fingerprint density at radius 3 is 2.09 bits per heavy atom. The summed E-state index contributed by atoms with van der Waals surface area (Å²) in [7, 11) is -4.04. The first-order valence-corrected chi connectivity index (χ1v) is 10.1. The van der Waals surface area contributed by atoms with E-state index in [1.54, 1.807) is 0 Å². The summed E-state index contributed by atoms with van der Waals surface area (Å²) in [6, 6.07) is 7.63. The van der Waals surface area contributed by atoms with Gasteiger partial charge in [0, 0.05) is 11.8 Å². The third-order valence-corrected chi connectivity index (χ3v) is 10.8. The number of alkyl halides is 2. The Balaban J connectivity index is 2.20. The van der Waals surface area contributed by atoms with Gasteiger partial charge in [0.15, 0.2) is 8.57 Å². The molecule has 0 aromatic heterocycles. The van der Waals surface area contributed by atoms with Crippen molar-refractivity contribution in [3.8, 4) is 0 Å². The molecule has 7 heteroatoms. The second-order valence-corrected chi connectivity index (χ2v) is 10.9. The number of hydrogen-bond acceptors (Lipinski definition) is 2. The molecular weight excluding hydrogens is 398 g/mol. The van der Waals surface area contributed by atoms with Crippen LogP contribution in [-0.2, 0) is 9.84 Å². The molecule has 0 N–H and O–H groups in total. The molecule has 1 aliphatic heterocycles. The molecule has 0 amide bonds. The van der Waals surface area contributed by atoms with Crippen molar-refractivity contribution in [3.05, 3.63) is 55.9 Å². The predicted octanol–water partition coefficient (Wildman–Crippen LogP) is 5.21. The standard InChI is InChI=1S/C16H12Cl4O2S/c1-7(2)10-11-8-5-3-4-6-9(8)12(10)16(20)15(11,19)13(17)14(18)23(16,21)22/h3-6,11-12H,1-2H3/t11-,12+,15+,16+/m0/s1. The molecule has 1 aromatic carbocycles. The van der Waals surface area contributed by atoms with Gasteiger partial charge >= 0.3 is 0 Å². The largest absolute Gasteiger partial charge is 0.221 e. The van der Waals surface area contributed by atoms with Crippen LogP contribution < -0.4 is 0 Å². The van der Waals surface area contributed by atoms with Crippen LogP contribution >= 0.6 is 46.4 Å². The molecule has 122 valence electrons. The summed E-state index contributed by atoms with van der Waals surface area (Å²) in [6.45, 7) is 3.88. The lowest BCUT2D eigenvalue weighted by atomic mass is 9.82. The zero-order valence-corrected chi connectivity index (χ0v) is 16.0. The van der Waals surface area contributed by atoms with Crippen molar-refractivity contribution in [3.63, 3.8) is 0 Å². The Morgan fingerprint density at radius 1 is 1.04 bits per heavy atom. The minimum absolute atomic E-state index is 0.0726. The van der Waals surface area contributed by atoms with Crippen LogP contribution in [-0.4, -0.2) is 17.5 Å². The van der Waals surface area contributed by atoms with Crippen molar-refractivity contribution in [2.75, 3.05) is 0 Å². The molecule has 2 bridgehead atoms. The highest BCUT2D eigenvalue weighted by Gasteiger charge is 2.81. The lowest BCUT2D eigenvalue weighted by Crippen LogP contribution is -2.50. The van der Waals surface area contributed by atoms with Gasteiger partial charge in [0.25, 0.3) is 0 Å². The summed E-state index contributed by atoms with van der Waals surface area (Å²) in [5.74, 6) is -0.950. The highest BCUT2D eigenvalue weighted by molar-refractivity contribution is 8.00. The molecular formula is C16H12Cl4O2S. The second-order valence-electron chi connectivity index (χ2n) is 6.40. The number of hydrogen-bond donors (Lipinski definition) is 0. The summed E-state index contributed by atoms with van der Waals surface area (Å²) in [4.78, 5) is -1.47. The van der Waals surface area contributed by atoms with Gasteiger partial charge in [-0.3, -0.25) is 0 Å². The lowest BCUT2D eigenvalue weighted by molar-refractivity contribution is 0.530. The molecule has 0 saturated heterocycles. The number of halogens is 4. The zero-order valence-electron chi connectivity index (χ0n) is 12.2. The van der Waals surface area contributed by atoms with Gasteiger partial charge in [0.1, 0.15) is 4.87 Å². The van der Waals surface area contributed by atoms with Crippen molar-refractivity contribution in [2.45, 2.75) is 34.8 Å². The van der Waals surface area contributed by atoms with E-state index in [1.165, 1.54) is 0 Å². The fourth-order valence-electron chi connectivity index (χ4n) is 4.37. The van der Waals surface area contributed by atoms with Crippen LogP contribution in [0.5, 0.6) is 0 Å². The van der Waals surface area contributed by atoms with E-state index < -0.39 is 35.1 Å². The Hall–Kier alpha value is -0.190. The van der Waals surface area contributed by atoms with E-state index in [-0.39, 0.29) is 5.03 Å². The van der Waals surface area contributed by atoms with E-state index in [2.05, 4.69) is 0 Å². The number of fused-ring (bicyclic) bond motifs is 8. The summed E-state index contributed by atoms with van der Waals surface area (Å²) in [6.07, 6.45) is 0. The van der Waals surface area contributed by atoms with E-state index in [1.807, 2.05) is 38.1 Å². The van der Waals surface area contributed by atoms with Crippen molar-refractivity contribution >= 4 is 56.2 Å². The normalized spacial score (nSPS) is 39.7.